The second kappa shape index (κ2) is 5.24. The molecule has 0 aliphatic heterocycles. The molecule has 0 saturated carbocycles. The van der Waals surface area contributed by atoms with Crippen molar-refractivity contribution in [3.05, 3.63) is 22.7 Å². The average molecular weight is 229 g/mol. The second-order valence-corrected chi connectivity index (χ2v) is 3.92. The van der Waals surface area contributed by atoms with Gasteiger partial charge in [-0.2, -0.15) is 0 Å². The van der Waals surface area contributed by atoms with E-state index >= 15 is 0 Å². The summed E-state index contributed by atoms with van der Waals surface area (Å²) in [7, 11) is 3.64. The van der Waals surface area contributed by atoms with Crippen LogP contribution < -0.4 is 15.4 Å². The number of halogens is 1. The first-order valence-electron chi connectivity index (χ1n) is 4.85. The van der Waals surface area contributed by atoms with Crippen LogP contribution in [0.3, 0.4) is 0 Å². The van der Waals surface area contributed by atoms with Gasteiger partial charge in [0.1, 0.15) is 5.75 Å². The van der Waals surface area contributed by atoms with Gasteiger partial charge >= 0.3 is 0 Å². The first kappa shape index (κ1) is 12.1. The van der Waals surface area contributed by atoms with E-state index < -0.39 is 0 Å². The summed E-state index contributed by atoms with van der Waals surface area (Å²) in [5.41, 5.74) is 7.53. The van der Waals surface area contributed by atoms with Gasteiger partial charge in [-0.25, -0.2) is 0 Å². The molecule has 1 aromatic rings. The monoisotopic (exact) mass is 228 g/mol. The van der Waals surface area contributed by atoms with E-state index in [1.165, 1.54) is 0 Å². The number of hydrogen-bond donors (Lipinski definition) is 1. The van der Waals surface area contributed by atoms with E-state index in [1.54, 1.807) is 7.11 Å². The first-order chi connectivity index (χ1) is 7.10. The fourth-order valence-electron chi connectivity index (χ4n) is 1.58. The van der Waals surface area contributed by atoms with Crippen molar-refractivity contribution in [1.82, 2.24) is 0 Å². The predicted octanol–water partition coefficient (Wildman–Crippen LogP) is 2.05. The standard InChI is InChI=1S/C11H17ClN2O/c1-8-6-9(12)7-10(11(8)15-3)14(2)5-4-13/h6-7H,4-5,13H2,1-3H3. The van der Waals surface area contributed by atoms with Gasteiger partial charge in [0.15, 0.2) is 0 Å². The Hall–Kier alpha value is -0.930. The number of hydrogen-bond acceptors (Lipinski definition) is 3. The maximum absolute atomic E-state index is 6.01. The third-order valence-corrected chi connectivity index (χ3v) is 2.52. The highest BCUT2D eigenvalue weighted by Crippen LogP contribution is 2.34. The van der Waals surface area contributed by atoms with E-state index in [4.69, 9.17) is 22.1 Å². The molecular formula is C11H17ClN2O. The molecule has 15 heavy (non-hydrogen) atoms. The van der Waals surface area contributed by atoms with Crippen molar-refractivity contribution in [2.24, 2.45) is 5.73 Å². The van der Waals surface area contributed by atoms with Crippen LogP contribution in [0.15, 0.2) is 12.1 Å². The Labute approximate surface area is 95.8 Å². The lowest BCUT2D eigenvalue weighted by molar-refractivity contribution is 0.412. The van der Waals surface area contributed by atoms with Crippen molar-refractivity contribution in [1.29, 1.82) is 0 Å². The third kappa shape index (κ3) is 2.76. The van der Waals surface area contributed by atoms with Crippen molar-refractivity contribution in [3.8, 4) is 5.75 Å². The van der Waals surface area contributed by atoms with Crippen LogP contribution in [0.5, 0.6) is 5.75 Å². The molecule has 0 aliphatic carbocycles. The number of nitrogens with zero attached hydrogens (tertiary/aromatic N) is 1. The molecule has 0 radical (unpaired) electrons. The molecule has 2 N–H and O–H groups in total. The molecule has 0 heterocycles. The maximum atomic E-state index is 6.01. The highest BCUT2D eigenvalue weighted by Gasteiger charge is 2.11. The van der Waals surface area contributed by atoms with Crippen molar-refractivity contribution in [2.75, 3.05) is 32.1 Å². The molecule has 0 spiro atoms. The van der Waals surface area contributed by atoms with E-state index in [1.807, 2.05) is 31.0 Å². The minimum atomic E-state index is 0.602. The summed E-state index contributed by atoms with van der Waals surface area (Å²) in [6.07, 6.45) is 0. The lowest BCUT2D eigenvalue weighted by atomic mass is 10.2. The van der Waals surface area contributed by atoms with Gasteiger partial charge in [-0.15, -0.1) is 0 Å². The number of aryl methyl sites for hydroxylation is 1. The molecule has 3 nitrogen and oxygen atoms in total. The molecular weight excluding hydrogens is 212 g/mol. The third-order valence-electron chi connectivity index (χ3n) is 2.30. The highest BCUT2D eigenvalue weighted by molar-refractivity contribution is 6.31. The Balaban J connectivity index is 3.13. The van der Waals surface area contributed by atoms with Crippen LogP contribution in [-0.4, -0.2) is 27.2 Å². The molecule has 0 bridgehead atoms. The zero-order chi connectivity index (χ0) is 11.4. The van der Waals surface area contributed by atoms with Gasteiger partial charge in [-0.3, -0.25) is 0 Å². The molecule has 0 saturated heterocycles. The molecule has 1 aromatic carbocycles. The molecule has 0 aliphatic rings. The molecule has 1 rings (SSSR count). The van der Waals surface area contributed by atoms with Crippen molar-refractivity contribution >= 4 is 17.3 Å². The van der Waals surface area contributed by atoms with Gasteiger partial charge in [-0.1, -0.05) is 11.6 Å². The number of rotatable bonds is 4. The van der Waals surface area contributed by atoms with Crippen LogP contribution in [0.4, 0.5) is 5.69 Å². The Kier molecular flexibility index (Phi) is 4.24. The van der Waals surface area contributed by atoms with Gasteiger partial charge in [0.2, 0.25) is 0 Å². The maximum Gasteiger partial charge on any atom is 0.145 e. The van der Waals surface area contributed by atoms with E-state index in [2.05, 4.69) is 0 Å². The van der Waals surface area contributed by atoms with E-state index in [0.29, 0.717) is 11.6 Å². The van der Waals surface area contributed by atoms with Gasteiger partial charge in [0.25, 0.3) is 0 Å². The zero-order valence-electron chi connectivity index (χ0n) is 9.38. The molecule has 0 fully saturated rings. The van der Waals surface area contributed by atoms with Crippen LogP contribution in [0, 0.1) is 6.92 Å². The van der Waals surface area contributed by atoms with Crippen LogP contribution >= 0.6 is 11.6 Å². The molecule has 84 valence electrons. The Morgan fingerprint density at radius 3 is 2.67 bits per heavy atom. The summed E-state index contributed by atoms with van der Waals surface area (Å²) < 4.78 is 5.36. The van der Waals surface area contributed by atoms with Crippen molar-refractivity contribution in [3.63, 3.8) is 0 Å². The van der Waals surface area contributed by atoms with E-state index in [9.17, 15) is 0 Å². The van der Waals surface area contributed by atoms with Crippen LogP contribution in [0.25, 0.3) is 0 Å². The average Bonchev–Trinajstić information content (AvgIpc) is 2.17. The number of nitrogens with two attached hydrogens (primary N) is 1. The topological polar surface area (TPSA) is 38.5 Å². The Morgan fingerprint density at radius 1 is 1.47 bits per heavy atom. The lowest BCUT2D eigenvalue weighted by Crippen LogP contribution is -2.25. The van der Waals surface area contributed by atoms with Gasteiger partial charge in [0.05, 0.1) is 12.8 Å². The number of ether oxygens (including phenoxy) is 1. The van der Waals surface area contributed by atoms with Gasteiger partial charge in [-0.05, 0) is 24.6 Å². The van der Waals surface area contributed by atoms with Crippen LogP contribution in [0.2, 0.25) is 5.02 Å². The highest BCUT2D eigenvalue weighted by atomic mass is 35.5. The largest absolute Gasteiger partial charge is 0.494 e. The number of benzene rings is 1. The minimum absolute atomic E-state index is 0.602. The van der Waals surface area contributed by atoms with Gasteiger partial charge < -0.3 is 15.4 Å². The van der Waals surface area contributed by atoms with Crippen molar-refractivity contribution in [2.45, 2.75) is 6.92 Å². The normalized spacial score (nSPS) is 10.2. The van der Waals surface area contributed by atoms with Crippen LogP contribution in [0.1, 0.15) is 5.56 Å². The SMILES string of the molecule is COc1c(C)cc(Cl)cc1N(C)CCN. The zero-order valence-corrected chi connectivity index (χ0v) is 10.1. The second-order valence-electron chi connectivity index (χ2n) is 3.49. The first-order valence-corrected chi connectivity index (χ1v) is 5.23. The molecule has 0 amide bonds. The quantitative estimate of drug-likeness (QED) is 0.858. The summed E-state index contributed by atoms with van der Waals surface area (Å²) in [6, 6.07) is 3.78. The lowest BCUT2D eigenvalue weighted by Gasteiger charge is -2.22. The molecule has 0 unspecified atom stereocenters. The Morgan fingerprint density at radius 2 is 2.13 bits per heavy atom. The van der Waals surface area contributed by atoms with Gasteiger partial charge in [0, 0.05) is 25.2 Å². The Bertz CT molecular complexity index is 342. The summed E-state index contributed by atoms with van der Waals surface area (Å²) >= 11 is 6.01. The van der Waals surface area contributed by atoms with E-state index in [0.717, 1.165) is 23.5 Å². The summed E-state index contributed by atoms with van der Waals surface area (Å²) in [4.78, 5) is 2.04. The summed E-state index contributed by atoms with van der Waals surface area (Å²) in [5.74, 6) is 0.857. The van der Waals surface area contributed by atoms with Crippen molar-refractivity contribution < 1.29 is 4.74 Å². The minimum Gasteiger partial charge on any atom is -0.494 e. The molecule has 4 heteroatoms. The molecule has 0 aromatic heterocycles. The number of anilines is 1. The number of methoxy groups -OCH3 is 1. The smallest absolute Gasteiger partial charge is 0.145 e. The summed E-state index contributed by atoms with van der Waals surface area (Å²) in [5, 5.41) is 0.715. The van der Waals surface area contributed by atoms with E-state index in [-0.39, 0.29) is 0 Å². The fraction of sp³-hybridized carbons (Fsp3) is 0.455. The fourth-order valence-corrected chi connectivity index (χ4v) is 1.84. The molecule has 0 atom stereocenters. The number of likely N-dealkylation sites (N-methyl/N-ethyl adjacent to an activating group) is 1. The van der Waals surface area contributed by atoms with Crippen LogP contribution in [-0.2, 0) is 0 Å². The summed E-state index contributed by atoms with van der Waals surface area (Å²) in [6.45, 7) is 3.35. The predicted molar refractivity (Wildman–Crippen MR) is 65.1 cm³/mol.